The summed E-state index contributed by atoms with van der Waals surface area (Å²) in [6.07, 6.45) is 9.37. The molecule has 0 spiro atoms. The van der Waals surface area contributed by atoms with Gasteiger partial charge in [0.2, 0.25) is 0 Å². The Kier molecular flexibility index (Phi) is 4.44. The Hall–Kier alpha value is -1.55. The molecule has 21 heavy (non-hydrogen) atoms. The molecule has 0 aliphatic heterocycles. The van der Waals surface area contributed by atoms with Crippen LogP contribution in [0.3, 0.4) is 0 Å². The second-order valence-electron chi connectivity index (χ2n) is 5.57. The largest absolute Gasteiger partial charge is 0.334 e. The second kappa shape index (κ2) is 6.48. The molecule has 1 aliphatic carbocycles. The Morgan fingerprint density at radius 1 is 1.33 bits per heavy atom. The average Bonchev–Trinajstić information content (AvgIpc) is 2.97. The van der Waals surface area contributed by atoms with Crippen LogP contribution in [0.4, 0.5) is 0 Å². The van der Waals surface area contributed by atoms with E-state index < -0.39 is 0 Å². The lowest BCUT2D eigenvalue weighted by Gasteiger charge is -2.33. The summed E-state index contributed by atoms with van der Waals surface area (Å²) in [7, 11) is 0. The zero-order valence-corrected chi connectivity index (χ0v) is 12.8. The molecule has 0 aromatic carbocycles. The van der Waals surface area contributed by atoms with E-state index in [2.05, 4.69) is 5.10 Å². The molecular formula is C16H20ClN3O. The van der Waals surface area contributed by atoms with Crippen molar-refractivity contribution in [2.75, 3.05) is 12.4 Å². The van der Waals surface area contributed by atoms with E-state index in [1.807, 2.05) is 29.3 Å². The predicted molar refractivity (Wildman–Crippen MR) is 83.8 cm³/mol. The van der Waals surface area contributed by atoms with Crippen molar-refractivity contribution in [2.24, 2.45) is 0 Å². The summed E-state index contributed by atoms with van der Waals surface area (Å²) in [5, 5.41) is 4.26. The van der Waals surface area contributed by atoms with Gasteiger partial charge in [0, 0.05) is 24.7 Å². The third-order valence-corrected chi connectivity index (χ3v) is 4.43. The van der Waals surface area contributed by atoms with Crippen LogP contribution in [-0.2, 0) is 0 Å². The highest BCUT2D eigenvalue weighted by Crippen LogP contribution is 2.25. The van der Waals surface area contributed by atoms with Gasteiger partial charge in [-0.15, -0.1) is 11.6 Å². The summed E-state index contributed by atoms with van der Waals surface area (Å²) in [4.78, 5) is 14.9. The summed E-state index contributed by atoms with van der Waals surface area (Å²) in [6.45, 7) is 0.606. The molecular weight excluding hydrogens is 286 g/mol. The average molecular weight is 306 g/mol. The molecule has 5 heteroatoms. The minimum atomic E-state index is 0.0590. The van der Waals surface area contributed by atoms with Gasteiger partial charge in [-0.25, -0.2) is 4.52 Å². The number of carbonyl (C=O) groups excluding carboxylic acids is 1. The van der Waals surface area contributed by atoms with Gasteiger partial charge in [-0.2, -0.15) is 5.10 Å². The van der Waals surface area contributed by atoms with Crippen LogP contribution < -0.4 is 0 Å². The molecule has 0 unspecified atom stereocenters. The SMILES string of the molecule is O=C(c1cnn2ccccc12)N(CCCl)C1CCCCC1. The highest BCUT2D eigenvalue weighted by molar-refractivity contribution is 6.18. The maximum atomic E-state index is 12.9. The first-order chi connectivity index (χ1) is 10.3. The molecule has 2 heterocycles. The number of aromatic nitrogens is 2. The summed E-state index contributed by atoms with van der Waals surface area (Å²) in [6, 6.07) is 6.09. The number of amides is 1. The van der Waals surface area contributed by atoms with Gasteiger partial charge in [0.1, 0.15) is 0 Å². The van der Waals surface area contributed by atoms with E-state index in [4.69, 9.17) is 11.6 Å². The number of hydrogen-bond donors (Lipinski definition) is 0. The number of alkyl halides is 1. The lowest BCUT2D eigenvalue weighted by molar-refractivity contribution is 0.0651. The lowest BCUT2D eigenvalue weighted by Crippen LogP contribution is -2.42. The normalized spacial score (nSPS) is 16.2. The van der Waals surface area contributed by atoms with E-state index in [9.17, 15) is 4.79 Å². The van der Waals surface area contributed by atoms with Gasteiger partial charge < -0.3 is 4.90 Å². The van der Waals surface area contributed by atoms with E-state index in [0.717, 1.165) is 18.4 Å². The molecule has 0 N–H and O–H groups in total. The minimum Gasteiger partial charge on any atom is -0.334 e. The molecule has 1 amide bonds. The molecule has 112 valence electrons. The van der Waals surface area contributed by atoms with Gasteiger partial charge in [-0.05, 0) is 25.0 Å². The number of hydrogen-bond acceptors (Lipinski definition) is 2. The fraction of sp³-hybridized carbons (Fsp3) is 0.500. The first-order valence-corrected chi connectivity index (χ1v) is 8.14. The number of pyridine rings is 1. The lowest BCUT2D eigenvalue weighted by atomic mass is 9.94. The number of rotatable bonds is 4. The summed E-state index contributed by atoms with van der Waals surface area (Å²) < 4.78 is 1.74. The fourth-order valence-corrected chi connectivity index (χ4v) is 3.37. The number of carbonyl (C=O) groups is 1. The van der Waals surface area contributed by atoms with Crippen LogP contribution in [0.1, 0.15) is 42.5 Å². The Balaban J connectivity index is 1.89. The maximum absolute atomic E-state index is 12.9. The van der Waals surface area contributed by atoms with Gasteiger partial charge in [0.15, 0.2) is 0 Å². The topological polar surface area (TPSA) is 37.6 Å². The third kappa shape index (κ3) is 2.91. The molecule has 1 saturated carbocycles. The number of halogens is 1. The summed E-state index contributed by atoms with van der Waals surface area (Å²) in [5.41, 5.74) is 1.53. The predicted octanol–water partition coefficient (Wildman–Crippen LogP) is 3.35. The molecule has 2 aromatic heterocycles. The van der Waals surface area contributed by atoms with Crippen LogP contribution in [0.2, 0.25) is 0 Å². The fourth-order valence-electron chi connectivity index (χ4n) is 3.19. The first-order valence-electron chi connectivity index (χ1n) is 7.60. The van der Waals surface area contributed by atoms with E-state index in [-0.39, 0.29) is 5.91 Å². The van der Waals surface area contributed by atoms with E-state index >= 15 is 0 Å². The first kappa shape index (κ1) is 14.4. The Bertz CT molecular complexity index is 619. The van der Waals surface area contributed by atoms with Crippen LogP contribution in [-0.4, -0.2) is 38.9 Å². The van der Waals surface area contributed by atoms with Crippen LogP contribution in [0.5, 0.6) is 0 Å². The van der Waals surface area contributed by atoms with Crippen molar-refractivity contribution in [3.8, 4) is 0 Å². The van der Waals surface area contributed by atoms with Crippen molar-refractivity contribution in [1.29, 1.82) is 0 Å². The number of fused-ring (bicyclic) bond motifs is 1. The van der Waals surface area contributed by atoms with E-state index in [1.54, 1.807) is 10.7 Å². The molecule has 3 rings (SSSR count). The van der Waals surface area contributed by atoms with E-state index in [1.165, 1.54) is 19.3 Å². The molecule has 2 aromatic rings. The molecule has 0 saturated heterocycles. The highest BCUT2D eigenvalue weighted by atomic mass is 35.5. The van der Waals surface area contributed by atoms with Crippen molar-refractivity contribution in [3.63, 3.8) is 0 Å². The van der Waals surface area contributed by atoms with Crippen molar-refractivity contribution in [2.45, 2.75) is 38.1 Å². The van der Waals surface area contributed by atoms with Crippen molar-refractivity contribution < 1.29 is 4.79 Å². The van der Waals surface area contributed by atoms with Gasteiger partial charge in [-0.3, -0.25) is 4.79 Å². The third-order valence-electron chi connectivity index (χ3n) is 4.26. The second-order valence-corrected chi connectivity index (χ2v) is 5.95. The quantitative estimate of drug-likeness (QED) is 0.812. The van der Waals surface area contributed by atoms with Gasteiger partial charge in [0.25, 0.3) is 5.91 Å². The van der Waals surface area contributed by atoms with Crippen LogP contribution in [0, 0.1) is 0 Å². The summed E-state index contributed by atoms with van der Waals surface area (Å²) in [5.74, 6) is 0.533. The van der Waals surface area contributed by atoms with Crippen molar-refractivity contribution >= 4 is 23.0 Å². The zero-order valence-electron chi connectivity index (χ0n) is 12.0. The van der Waals surface area contributed by atoms with Crippen molar-refractivity contribution in [1.82, 2.24) is 14.5 Å². The highest BCUT2D eigenvalue weighted by Gasteiger charge is 2.27. The van der Waals surface area contributed by atoms with Gasteiger partial charge >= 0.3 is 0 Å². The van der Waals surface area contributed by atoms with E-state index in [0.29, 0.717) is 24.0 Å². The zero-order chi connectivity index (χ0) is 14.7. The monoisotopic (exact) mass is 305 g/mol. The Morgan fingerprint density at radius 3 is 2.90 bits per heavy atom. The molecule has 0 atom stereocenters. The molecule has 1 fully saturated rings. The molecule has 4 nitrogen and oxygen atoms in total. The van der Waals surface area contributed by atoms with Crippen LogP contribution in [0.15, 0.2) is 30.6 Å². The molecule has 0 bridgehead atoms. The maximum Gasteiger partial charge on any atom is 0.257 e. The smallest absolute Gasteiger partial charge is 0.257 e. The van der Waals surface area contributed by atoms with Crippen molar-refractivity contribution in [3.05, 3.63) is 36.2 Å². The van der Waals surface area contributed by atoms with Crippen LogP contribution >= 0.6 is 11.6 Å². The standard InChI is InChI=1S/C16H20ClN3O/c17-9-11-19(13-6-2-1-3-7-13)16(21)14-12-18-20-10-5-4-8-15(14)20/h4-5,8,10,12-13H,1-3,6-7,9,11H2. The minimum absolute atomic E-state index is 0.0590. The van der Waals surface area contributed by atoms with Gasteiger partial charge in [0.05, 0.1) is 17.3 Å². The van der Waals surface area contributed by atoms with Gasteiger partial charge in [-0.1, -0.05) is 25.3 Å². The molecule has 0 radical (unpaired) electrons. The summed E-state index contributed by atoms with van der Waals surface area (Å²) >= 11 is 5.92. The Labute approximate surface area is 129 Å². The number of nitrogens with zero attached hydrogens (tertiary/aromatic N) is 3. The van der Waals surface area contributed by atoms with Crippen LogP contribution in [0.25, 0.3) is 5.52 Å². The molecule has 1 aliphatic rings. The Morgan fingerprint density at radius 2 is 2.14 bits per heavy atom.